The Morgan fingerprint density at radius 3 is 2.80 bits per heavy atom. The number of likely N-dealkylation sites (tertiary alicyclic amines) is 1. The second-order valence-corrected chi connectivity index (χ2v) is 5.27. The third kappa shape index (κ3) is 2.15. The van der Waals surface area contributed by atoms with Crippen molar-refractivity contribution in [2.24, 2.45) is 11.8 Å². The number of halogens is 1. The lowest BCUT2D eigenvalue weighted by Gasteiger charge is -2.47. The van der Waals surface area contributed by atoms with E-state index in [9.17, 15) is 4.79 Å². The van der Waals surface area contributed by atoms with Gasteiger partial charge < -0.3 is 4.90 Å². The molecule has 1 amide bonds. The molecule has 1 aliphatic carbocycles. The smallest absolute Gasteiger partial charge is 0.237 e. The van der Waals surface area contributed by atoms with Crippen molar-refractivity contribution in [2.75, 3.05) is 12.4 Å². The summed E-state index contributed by atoms with van der Waals surface area (Å²) in [5.74, 6) is 1.81. The number of rotatable bonds is 1. The van der Waals surface area contributed by atoms with Crippen LogP contribution in [0.2, 0.25) is 0 Å². The van der Waals surface area contributed by atoms with Crippen LogP contribution in [-0.2, 0) is 4.79 Å². The second-order valence-electron chi connectivity index (χ2n) is 5.00. The Morgan fingerprint density at radius 1 is 1.33 bits per heavy atom. The molecule has 2 rings (SSSR count). The number of carbonyl (C=O) groups is 1. The van der Waals surface area contributed by atoms with Gasteiger partial charge in [-0.15, -0.1) is 11.6 Å². The molecular weight excluding hydrogens is 210 g/mol. The number of hydrogen-bond acceptors (Lipinski definition) is 1. The topological polar surface area (TPSA) is 20.3 Å². The van der Waals surface area contributed by atoms with Crippen molar-refractivity contribution in [3.05, 3.63) is 0 Å². The molecule has 2 aliphatic rings. The molecule has 1 heterocycles. The Bertz CT molecular complexity index is 244. The van der Waals surface area contributed by atoms with Gasteiger partial charge in [0.2, 0.25) is 5.91 Å². The summed E-state index contributed by atoms with van der Waals surface area (Å²) in [4.78, 5) is 13.8. The largest absolute Gasteiger partial charge is 0.338 e. The molecule has 0 spiro atoms. The van der Waals surface area contributed by atoms with Crippen molar-refractivity contribution in [3.8, 4) is 0 Å². The van der Waals surface area contributed by atoms with Gasteiger partial charge in [-0.3, -0.25) is 4.79 Å². The van der Waals surface area contributed by atoms with E-state index in [4.69, 9.17) is 11.6 Å². The molecule has 1 aliphatic heterocycles. The number of hydrogen-bond donors (Lipinski definition) is 0. The average Bonchev–Trinajstić information content (AvgIpc) is 2.29. The van der Waals surface area contributed by atoms with Gasteiger partial charge >= 0.3 is 0 Å². The fourth-order valence-corrected chi connectivity index (χ4v) is 3.45. The van der Waals surface area contributed by atoms with Gasteiger partial charge in [0.1, 0.15) is 5.88 Å². The van der Waals surface area contributed by atoms with Crippen LogP contribution in [0.25, 0.3) is 0 Å². The maximum atomic E-state index is 11.7. The Morgan fingerprint density at radius 2 is 2.07 bits per heavy atom. The molecule has 2 fully saturated rings. The molecule has 0 aromatic rings. The van der Waals surface area contributed by atoms with Gasteiger partial charge in [-0.05, 0) is 31.1 Å². The predicted octanol–water partition coefficient (Wildman–Crippen LogP) is 2.65. The lowest BCUT2D eigenvalue weighted by Crippen LogP contribution is -2.52. The fraction of sp³-hybridized carbons (Fsp3) is 0.917. The Labute approximate surface area is 97.0 Å². The summed E-state index contributed by atoms with van der Waals surface area (Å²) in [6.07, 6.45) is 6.27. The van der Waals surface area contributed by atoms with Crippen LogP contribution in [0.1, 0.15) is 39.0 Å². The zero-order valence-corrected chi connectivity index (χ0v) is 10.2. The van der Waals surface area contributed by atoms with Crippen LogP contribution in [0, 0.1) is 11.8 Å². The van der Waals surface area contributed by atoms with E-state index in [0.29, 0.717) is 6.04 Å². The molecule has 86 valence electrons. The third-order valence-corrected chi connectivity index (χ3v) is 4.40. The maximum absolute atomic E-state index is 11.7. The van der Waals surface area contributed by atoms with Crippen molar-refractivity contribution in [2.45, 2.75) is 45.1 Å². The van der Waals surface area contributed by atoms with Gasteiger partial charge in [-0.25, -0.2) is 0 Å². The van der Waals surface area contributed by atoms with Crippen molar-refractivity contribution < 1.29 is 4.79 Å². The van der Waals surface area contributed by atoms with E-state index in [1.54, 1.807) is 0 Å². The van der Waals surface area contributed by atoms with Gasteiger partial charge in [-0.1, -0.05) is 19.8 Å². The average molecular weight is 230 g/mol. The highest BCUT2D eigenvalue weighted by atomic mass is 35.5. The van der Waals surface area contributed by atoms with Gasteiger partial charge in [0.05, 0.1) is 0 Å². The predicted molar refractivity (Wildman–Crippen MR) is 62.0 cm³/mol. The van der Waals surface area contributed by atoms with E-state index in [1.807, 2.05) is 0 Å². The molecule has 3 atom stereocenters. The molecule has 0 aromatic carbocycles. The van der Waals surface area contributed by atoms with Crippen LogP contribution < -0.4 is 0 Å². The summed E-state index contributed by atoms with van der Waals surface area (Å²) in [5.41, 5.74) is 0. The summed E-state index contributed by atoms with van der Waals surface area (Å²) in [6.45, 7) is 3.26. The van der Waals surface area contributed by atoms with E-state index in [2.05, 4.69) is 11.8 Å². The van der Waals surface area contributed by atoms with Crippen molar-refractivity contribution >= 4 is 17.5 Å². The van der Waals surface area contributed by atoms with Crippen LogP contribution in [0.5, 0.6) is 0 Å². The summed E-state index contributed by atoms with van der Waals surface area (Å²) in [6, 6.07) is 0.494. The molecule has 3 heteroatoms. The van der Waals surface area contributed by atoms with Gasteiger partial charge in [0.25, 0.3) is 0 Å². The zero-order chi connectivity index (χ0) is 10.8. The highest BCUT2D eigenvalue weighted by Crippen LogP contribution is 2.38. The molecular formula is C12H20ClNO. The first kappa shape index (κ1) is 11.3. The number of nitrogens with zero attached hydrogens (tertiary/aromatic N) is 1. The fourth-order valence-electron chi connectivity index (χ4n) is 3.30. The van der Waals surface area contributed by atoms with Gasteiger partial charge in [0, 0.05) is 12.6 Å². The van der Waals surface area contributed by atoms with Crippen LogP contribution in [0.3, 0.4) is 0 Å². The molecule has 1 saturated carbocycles. The van der Waals surface area contributed by atoms with Crippen molar-refractivity contribution in [3.63, 3.8) is 0 Å². The molecule has 2 nitrogen and oxygen atoms in total. The number of piperidine rings is 1. The summed E-state index contributed by atoms with van der Waals surface area (Å²) < 4.78 is 0. The minimum atomic E-state index is 0.139. The molecule has 0 N–H and O–H groups in total. The minimum Gasteiger partial charge on any atom is -0.338 e. The SMILES string of the molecule is C[C@H]1CCN(C(=O)CCl)[C@@H]2CCCC[C@H]21. The van der Waals surface area contributed by atoms with E-state index in [1.165, 1.54) is 25.7 Å². The quantitative estimate of drug-likeness (QED) is 0.633. The Balaban J connectivity index is 2.10. The standard InChI is InChI=1S/C12H20ClNO/c1-9-6-7-14(12(15)8-13)11-5-3-2-4-10(9)11/h9-11H,2-8H2,1H3/t9-,10-,11+/m0/s1. The first-order valence-corrected chi connectivity index (χ1v) is 6.63. The maximum Gasteiger partial charge on any atom is 0.237 e. The molecule has 0 bridgehead atoms. The van der Waals surface area contributed by atoms with Crippen molar-refractivity contribution in [1.29, 1.82) is 0 Å². The second kappa shape index (κ2) is 4.73. The molecule has 0 aromatic heterocycles. The van der Waals surface area contributed by atoms with E-state index < -0.39 is 0 Å². The van der Waals surface area contributed by atoms with Crippen molar-refractivity contribution in [1.82, 2.24) is 4.90 Å². The van der Waals surface area contributed by atoms with E-state index in [0.717, 1.165) is 24.8 Å². The highest BCUT2D eigenvalue weighted by Gasteiger charge is 2.38. The summed E-state index contributed by atoms with van der Waals surface area (Å²) in [5, 5.41) is 0. The number of carbonyl (C=O) groups excluding carboxylic acids is 1. The van der Waals surface area contributed by atoms with E-state index >= 15 is 0 Å². The van der Waals surface area contributed by atoms with Crippen LogP contribution >= 0.6 is 11.6 Å². The Kier molecular flexibility index (Phi) is 3.55. The molecule has 1 saturated heterocycles. The van der Waals surface area contributed by atoms with E-state index in [-0.39, 0.29) is 11.8 Å². The van der Waals surface area contributed by atoms with Crippen LogP contribution in [0.4, 0.5) is 0 Å². The first-order chi connectivity index (χ1) is 7.24. The van der Waals surface area contributed by atoms with Crippen LogP contribution in [0.15, 0.2) is 0 Å². The third-order valence-electron chi connectivity index (χ3n) is 4.17. The lowest BCUT2D eigenvalue weighted by molar-refractivity contribution is -0.136. The molecule has 0 unspecified atom stereocenters. The van der Waals surface area contributed by atoms with Gasteiger partial charge in [0.15, 0.2) is 0 Å². The van der Waals surface area contributed by atoms with Gasteiger partial charge in [-0.2, -0.15) is 0 Å². The molecule has 15 heavy (non-hydrogen) atoms. The first-order valence-electron chi connectivity index (χ1n) is 6.09. The highest BCUT2D eigenvalue weighted by molar-refractivity contribution is 6.27. The summed E-state index contributed by atoms with van der Waals surface area (Å²) >= 11 is 5.66. The number of amides is 1. The Hall–Kier alpha value is -0.240. The number of alkyl halides is 1. The normalized spacial score (nSPS) is 36.1. The monoisotopic (exact) mass is 229 g/mol. The lowest BCUT2D eigenvalue weighted by atomic mass is 9.72. The minimum absolute atomic E-state index is 0.139. The van der Waals surface area contributed by atoms with Crippen LogP contribution in [-0.4, -0.2) is 29.3 Å². The zero-order valence-electron chi connectivity index (χ0n) is 9.42. The number of fused-ring (bicyclic) bond motifs is 1. The molecule has 0 radical (unpaired) electrons. The summed E-state index contributed by atoms with van der Waals surface area (Å²) in [7, 11) is 0.